The van der Waals surface area contributed by atoms with Gasteiger partial charge in [0.25, 0.3) is 5.56 Å². The van der Waals surface area contributed by atoms with E-state index in [1.807, 2.05) is 13.8 Å². The molecule has 0 radical (unpaired) electrons. The number of carboxylic acids is 1. The Hall–Kier alpha value is -2.22. The highest BCUT2D eigenvalue weighted by Gasteiger charge is 2.19. The molecule has 0 aliphatic carbocycles. The van der Waals surface area contributed by atoms with E-state index in [0.29, 0.717) is 16.6 Å². The van der Waals surface area contributed by atoms with E-state index in [9.17, 15) is 14.4 Å². The average Bonchev–Trinajstić information content (AvgIpc) is 2.99. The molecule has 0 aliphatic rings. The second kappa shape index (κ2) is 8.05. The standard InChI is InChI=1S/C16H21N3O4S/c1-10(2)7-11(16(22)23)8-17-13(20)3-5-19-9-18-14-12(15(19)21)4-6-24-14/h4,6,9-11H,3,5,7-8H2,1-2H3,(H,17,20)(H,22,23). The van der Waals surface area contributed by atoms with Crippen LogP contribution in [0.2, 0.25) is 0 Å². The lowest BCUT2D eigenvalue weighted by molar-refractivity contribution is -0.142. The molecule has 2 aromatic heterocycles. The van der Waals surface area contributed by atoms with Crippen LogP contribution in [0.1, 0.15) is 26.7 Å². The summed E-state index contributed by atoms with van der Waals surface area (Å²) in [5.41, 5.74) is -0.169. The molecular formula is C16H21N3O4S. The molecule has 0 aromatic carbocycles. The van der Waals surface area contributed by atoms with E-state index in [0.717, 1.165) is 0 Å². The molecule has 0 bridgehead atoms. The Balaban J connectivity index is 1.89. The lowest BCUT2D eigenvalue weighted by atomic mass is 9.97. The molecule has 1 unspecified atom stereocenters. The summed E-state index contributed by atoms with van der Waals surface area (Å²) in [4.78, 5) is 40.1. The fraction of sp³-hybridized carbons (Fsp3) is 0.500. The topological polar surface area (TPSA) is 101 Å². The Kier molecular flexibility index (Phi) is 6.08. The van der Waals surface area contributed by atoms with Gasteiger partial charge in [0.15, 0.2) is 0 Å². The number of hydrogen-bond acceptors (Lipinski definition) is 5. The molecule has 8 heteroatoms. The van der Waals surface area contributed by atoms with Crippen LogP contribution in [-0.2, 0) is 16.1 Å². The number of aliphatic carboxylic acids is 1. The number of aromatic nitrogens is 2. The molecule has 0 saturated carbocycles. The maximum atomic E-state index is 12.2. The van der Waals surface area contributed by atoms with Gasteiger partial charge in [-0.05, 0) is 23.8 Å². The zero-order valence-electron chi connectivity index (χ0n) is 13.7. The first-order chi connectivity index (χ1) is 11.4. The largest absolute Gasteiger partial charge is 0.481 e. The molecule has 7 nitrogen and oxygen atoms in total. The Morgan fingerprint density at radius 2 is 2.17 bits per heavy atom. The number of carbonyl (C=O) groups excluding carboxylic acids is 1. The first kappa shape index (κ1) is 18.1. The highest BCUT2D eigenvalue weighted by atomic mass is 32.1. The first-order valence-corrected chi connectivity index (χ1v) is 8.68. The lowest BCUT2D eigenvalue weighted by Crippen LogP contribution is -2.34. The molecule has 0 saturated heterocycles. The van der Waals surface area contributed by atoms with E-state index in [1.165, 1.54) is 22.2 Å². The normalized spacial score (nSPS) is 12.5. The molecule has 2 aromatic rings. The van der Waals surface area contributed by atoms with Crippen LogP contribution in [0.5, 0.6) is 0 Å². The van der Waals surface area contributed by atoms with Gasteiger partial charge >= 0.3 is 5.97 Å². The highest BCUT2D eigenvalue weighted by molar-refractivity contribution is 7.16. The second-order valence-electron chi connectivity index (χ2n) is 6.10. The third-order valence-electron chi connectivity index (χ3n) is 3.68. The van der Waals surface area contributed by atoms with Gasteiger partial charge in [0.05, 0.1) is 17.6 Å². The minimum Gasteiger partial charge on any atom is -0.481 e. The van der Waals surface area contributed by atoms with E-state index in [-0.39, 0.29) is 36.9 Å². The first-order valence-electron chi connectivity index (χ1n) is 7.80. The van der Waals surface area contributed by atoms with E-state index in [2.05, 4.69) is 10.3 Å². The lowest BCUT2D eigenvalue weighted by Gasteiger charge is -2.15. The van der Waals surface area contributed by atoms with Gasteiger partial charge in [-0.1, -0.05) is 13.8 Å². The number of carbonyl (C=O) groups is 2. The van der Waals surface area contributed by atoms with Crippen LogP contribution in [0.3, 0.4) is 0 Å². The van der Waals surface area contributed by atoms with Crippen molar-refractivity contribution < 1.29 is 14.7 Å². The fourth-order valence-electron chi connectivity index (χ4n) is 2.44. The summed E-state index contributed by atoms with van der Waals surface area (Å²) in [6, 6.07) is 1.72. The zero-order chi connectivity index (χ0) is 17.7. The predicted molar refractivity (Wildman–Crippen MR) is 92.1 cm³/mol. The molecular weight excluding hydrogens is 330 g/mol. The number of hydrogen-bond donors (Lipinski definition) is 2. The molecule has 2 rings (SSSR count). The summed E-state index contributed by atoms with van der Waals surface area (Å²) in [5.74, 6) is -1.54. The van der Waals surface area contributed by atoms with Crippen molar-refractivity contribution in [2.45, 2.75) is 33.2 Å². The number of carboxylic acid groups (broad SMARTS) is 1. The summed E-state index contributed by atoms with van der Waals surface area (Å²) < 4.78 is 1.40. The zero-order valence-corrected chi connectivity index (χ0v) is 14.5. The number of fused-ring (bicyclic) bond motifs is 1. The Bertz CT molecular complexity index is 781. The van der Waals surface area contributed by atoms with Crippen LogP contribution in [0.4, 0.5) is 0 Å². The van der Waals surface area contributed by atoms with Crippen LogP contribution >= 0.6 is 11.3 Å². The monoisotopic (exact) mass is 351 g/mol. The van der Waals surface area contributed by atoms with Crippen molar-refractivity contribution in [3.05, 3.63) is 28.1 Å². The van der Waals surface area contributed by atoms with E-state index >= 15 is 0 Å². The average molecular weight is 351 g/mol. The van der Waals surface area contributed by atoms with Gasteiger partial charge in [-0.2, -0.15) is 0 Å². The third-order valence-corrected chi connectivity index (χ3v) is 4.50. The Morgan fingerprint density at radius 3 is 2.83 bits per heavy atom. The summed E-state index contributed by atoms with van der Waals surface area (Å²) in [6.07, 6.45) is 2.05. The number of amides is 1. The predicted octanol–water partition coefficient (Wildman–Crippen LogP) is 1.71. The van der Waals surface area contributed by atoms with Crippen LogP contribution in [0, 0.1) is 11.8 Å². The summed E-state index contributed by atoms with van der Waals surface area (Å²) >= 11 is 1.39. The van der Waals surface area contributed by atoms with E-state index in [4.69, 9.17) is 5.11 Å². The number of aryl methyl sites for hydroxylation is 1. The SMILES string of the molecule is CC(C)CC(CNC(=O)CCn1cnc2sccc2c1=O)C(=O)O. The van der Waals surface area contributed by atoms with E-state index in [1.54, 1.807) is 11.4 Å². The van der Waals surface area contributed by atoms with Crippen LogP contribution < -0.4 is 10.9 Å². The molecule has 2 heterocycles. The van der Waals surface area contributed by atoms with Crippen molar-refractivity contribution in [2.24, 2.45) is 11.8 Å². The molecule has 2 N–H and O–H groups in total. The minimum atomic E-state index is -0.910. The number of nitrogens with zero attached hydrogens (tertiary/aromatic N) is 2. The van der Waals surface area contributed by atoms with Crippen molar-refractivity contribution in [3.63, 3.8) is 0 Å². The molecule has 24 heavy (non-hydrogen) atoms. The Labute approximate surface area is 143 Å². The third kappa shape index (κ3) is 4.64. The van der Waals surface area contributed by atoms with Crippen LogP contribution in [-0.4, -0.2) is 33.1 Å². The minimum absolute atomic E-state index is 0.100. The smallest absolute Gasteiger partial charge is 0.308 e. The molecule has 1 amide bonds. The number of thiophene rings is 1. The van der Waals surface area contributed by atoms with Crippen LogP contribution in [0.25, 0.3) is 10.2 Å². The van der Waals surface area contributed by atoms with Gasteiger partial charge in [-0.15, -0.1) is 11.3 Å². The van der Waals surface area contributed by atoms with Gasteiger partial charge in [0.1, 0.15) is 4.83 Å². The molecule has 1 atom stereocenters. The second-order valence-corrected chi connectivity index (χ2v) is 7.00. The summed E-state index contributed by atoms with van der Waals surface area (Å²) in [5, 5.41) is 14.1. The quantitative estimate of drug-likeness (QED) is 0.754. The van der Waals surface area contributed by atoms with Crippen molar-refractivity contribution in [2.75, 3.05) is 6.54 Å². The van der Waals surface area contributed by atoms with E-state index < -0.39 is 11.9 Å². The van der Waals surface area contributed by atoms with Crippen molar-refractivity contribution in [1.29, 1.82) is 0 Å². The van der Waals surface area contributed by atoms with Crippen molar-refractivity contribution >= 4 is 33.4 Å². The highest BCUT2D eigenvalue weighted by Crippen LogP contribution is 2.13. The number of rotatable bonds is 8. The van der Waals surface area contributed by atoms with Crippen molar-refractivity contribution in [1.82, 2.24) is 14.9 Å². The van der Waals surface area contributed by atoms with Gasteiger partial charge in [0, 0.05) is 19.5 Å². The molecule has 0 spiro atoms. The van der Waals surface area contributed by atoms with Gasteiger partial charge < -0.3 is 10.4 Å². The molecule has 130 valence electrons. The maximum absolute atomic E-state index is 12.2. The van der Waals surface area contributed by atoms with Gasteiger partial charge in [0.2, 0.25) is 5.91 Å². The fourth-order valence-corrected chi connectivity index (χ4v) is 3.16. The molecule has 0 aliphatic heterocycles. The van der Waals surface area contributed by atoms with Crippen LogP contribution in [0.15, 0.2) is 22.6 Å². The Morgan fingerprint density at radius 1 is 1.42 bits per heavy atom. The van der Waals surface area contributed by atoms with Gasteiger partial charge in [-0.3, -0.25) is 19.0 Å². The van der Waals surface area contributed by atoms with Gasteiger partial charge in [-0.25, -0.2) is 4.98 Å². The summed E-state index contributed by atoms with van der Waals surface area (Å²) in [6.45, 7) is 4.20. The number of nitrogens with one attached hydrogen (secondary N) is 1. The summed E-state index contributed by atoms with van der Waals surface area (Å²) in [7, 11) is 0. The molecule has 0 fully saturated rings. The maximum Gasteiger partial charge on any atom is 0.308 e. The van der Waals surface area contributed by atoms with Crippen molar-refractivity contribution in [3.8, 4) is 0 Å².